The Hall–Kier alpha value is -7.88. The van der Waals surface area contributed by atoms with Crippen LogP contribution in [0.25, 0.3) is 89.7 Å². The highest BCUT2D eigenvalue weighted by Crippen LogP contribution is 2.38. The Morgan fingerprint density at radius 1 is 0.500 bits per heavy atom. The molecule has 0 saturated heterocycles. The van der Waals surface area contributed by atoms with Gasteiger partial charge in [-0.25, -0.2) is 53.6 Å². The van der Waals surface area contributed by atoms with E-state index >= 15 is 0 Å². The van der Waals surface area contributed by atoms with Crippen molar-refractivity contribution in [2.75, 3.05) is 0 Å². The number of carbonyl (C=O) groups is 4. The van der Waals surface area contributed by atoms with E-state index in [-0.39, 0.29) is 56.7 Å². The van der Waals surface area contributed by atoms with Gasteiger partial charge in [-0.2, -0.15) is 0 Å². The Morgan fingerprint density at radius 2 is 0.942 bits per heavy atom. The van der Waals surface area contributed by atoms with E-state index in [2.05, 4.69) is 19.9 Å². The topological polar surface area (TPSA) is 247 Å². The van der Waals surface area contributed by atoms with Crippen molar-refractivity contribution in [2.24, 2.45) is 0 Å². The summed E-state index contributed by atoms with van der Waals surface area (Å²) in [5.41, 5.74) is -0.915. The zero-order valence-corrected chi connectivity index (χ0v) is 26.1. The average Bonchev–Trinajstić information content (AvgIpc) is 3.85. The number of aromatic amines is 1. The Morgan fingerprint density at radius 3 is 1.38 bits per heavy atom. The predicted octanol–water partition coefficient (Wildman–Crippen LogP) is 5.96. The monoisotopic (exact) mass is 690 g/mol. The summed E-state index contributed by atoms with van der Waals surface area (Å²) in [5.74, 6) is -4.90. The third kappa shape index (κ3) is 4.27. The molecule has 16 heteroatoms. The van der Waals surface area contributed by atoms with Gasteiger partial charge in [-0.3, -0.25) is 0 Å². The summed E-state index contributed by atoms with van der Waals surface area (Å²) in [6, 6.07) is 21.6. The lowest BCUT2D eigenvalue weighted by molar-refractivity contribution is 0.0634. The van der Waals surface area contributed by atoms with Crippen molar-refractivity contribution in [3.8, 4) is 45.6 Å². The zero-order chi connectivity index (χ0) is 36.0. The van der Waals surface area contributed by atoms with Gasteiger partial charge in [-0.1, -0.05) is 72.8 Å². The summed E-state index contributed by atoms with van der Waals surface area (Å²) >= 11 is 0. The Bertz CT molecular complexity index is 3000. The lowest BCUT2D eigenvalue weighted by Gasteiger charge is -2.08. The number of hydrogen-bond acceptors (Lipinski definition) is 10. The van der Waals surface area contributed by atoms with Crippen LogP contribution in [0.5, 0.6) is 0 Å². The molecule has 0 unspecified atom stereocenters. The number of benzene rings is 4. The molecule has 2 aliphatic rings. The van der Waals surface area contributed by atoms with Crippen LogP contribution < -0.4 is 0 Å². The van der Waals surface area contributed by atoms with Gasteiger partial charge in [-0.05, 0) is 6.07 Å². The SMILES string of the molecule is O=C(O)c1cc2c3nc4nc(nc5c6ccccc6c(nc6nc(nc([nH]3)c2c(C(=O)O)c1C(=O)O)-c1ccccc1-6)n5C(=O)O)-c1ccccc1-4. The maximum absolute atomic E-state index is 13.0. The highest BCUT2D eigenvalue weighted by molar-refractivity contribution is 6.22. The first-order valence-electron chi connectivity index (χ1n) is 15.4. The van der Waals surface area contributed by atoms with Crippen LogP contribution in [-0.2, 0) is 0 Å². The molecule has 0 aliphatic carbocycles. The Kier molecular flexibility index (Phi) is 6.28. The van der Waals surface area contributed by atoms with E-state index in [0.29, 0.717) is 33.0 Å². The van der Waals surface area contributed by atoms with Gasteiger partial charge in [0.2, 0.25) is 0 Å². The lowest BCUT2D eigenvalue weighted by atomic mass is 9.95. The van der Waals surface area contributed by atoms with Gasteiger partial charge < -0.3 is 25.4 Å². The number of nitrogens with zero attached hydrogens (tertiary/aromatic N) is 7. The van der Waals surface area contributed by atoms with Crippen molar-refractivity contribution >= 4 is 68.1 Å². The summed E-state index contributed by atoms with van der Waals surface area (Å²) in [6.07, 6.45) is -1.37. The van der Waals surface area contributed by atoms with Crippen LogP contribution in [0.3, 0.4) is 0 Å². The number of hydrogen-bond donors (Lipinski definition) is 5. The summed E-state index contributed by atoms with van der Waals surface area (Å²) in [4.78, 5) is 81.7. The minimum atomic E-state index is -1.78. The predicted molar refractivity (Wildman–Crippen MR) is 184 cm³/mol. The number of nitrogens with one attached hydrogen (secondary N) is 1. The number of aromatic carboxylic acids is 3. The smallest absolute Gasteiger partial charge is 0.418 e. The quantitative estimate of drug-likeness (QED) is 0.143. The molecule has 5 heterocycles. The normalized spacial score (nSPS) is 11.7. The molecule has 8 bridgehead atoms. The molecule has 2 aliphatic heterocycles. The molecule has 0 radical (unpaired) electrons. The fraction of sp³-hybridized carbons (Fsp3) is 0. The van der Waals surface area contributed by atoms with Crippen molar-refractivity contribution in [3.63, 3.8) is 0 Å². The average molecular weight is 691 g/mol. The van der Waals surface area contributed by atoms with Crippen LogP contribution in [0.2, 0.25) is 0 Å². The highest BCUT2D eigenvalue weighted by atomic mass is 16.4. The second kappa shape index (κ2) is 10.8. The van der Waals surface area contributed by atoms with Crippen LogP contribution >= 0.6 is 0 Å². The number of fused-ring (bicyclic) bond motifs is 20. The van der Waals surface area contributed by atoms with Crippen LogP contribution in [0.15, 0.2) is 78.9 Å². The molecule has 0 fully saturated rings. The van der Waals surface area contributed by atoms with Gasteiger partial charge in [0.15, 0.2) is 34.6 Å². The molecule has 3 aromatic heterocycles. The van der Waals surface area contributed by atoms with Crippen molar-refractivity contribution in [3.05, 3.63) is 95.6 Å². The fourth-order valence-electron chi connectivity index (χ4n) is 6.69. The molecule has 7 aromatic rings. The highest BCUT2D eigenvalue weighted by Gasteiger charge is 2.31. The molecule has 16 nitrogen and oxygen atoms in total. The summed E-state index contributed by atoms with van der Waals surface area (Å²) in [6.45, 7) is 0. The Labute approximate surface area is 288 Å². The second-order valence-electron chi connectivity index (χ2n) is 11.7. The summed E-state index contributed by atoms with van der Waals surface area (Å²) in [5, 5.41) is 41.7. The van der Waals surface area contributed by atoms with E-state index in [0.717, 1.165) is 10.6 Å². The maximum Gasteiger partial charge on any atom is 0.418 e. The number of rotatable bonds is 3. The maximum atomic E-state index is 13.0. The molecule has 0 atom stereocenters. The van der Waals surface area contributed by atoms with Gasteiger partial charge in [0.05, 0.1) is 16.7 Å². The van der Waals surface area contributed by atoms with Gasteiger partial charge in [0.25, 0.3) is 0 Å². The minimum Gasteiger partial charge on any atom is -0.478 e. The molecular weight excluding hydrogens is 672 g/mol. The molecule has 5 N–H and O–H groups in total. The lowest BCUT2D eigenvalue weighted by Crippen LogP contribution is -2.15. The van der Waals surface area contributed by atoms with Gasteiger partial charge >= 0.3 is 24.0 Å². The number of carboxylic acid groups (broad SMARTS) is 4. The van der Waals surface area contributed by atoms with E-state index < -0.39 is 40.7 Å². The summed E-state index contributed by atoms with van der Waals surface area (Å²) < 4.78 is 0.946. The van der Waals surface area contributed by atoms with Crippen LogP contribution in [0.4, 0.5) is 4.79 Å². The van der Waals surface area contributed by atoms with Gasteiger partial charge in [-0.15, -0.1) is 0 Å². The molecule has 250 valence electrons. The first-order chi connectivity index (χ1) is 25.1. The van der Waals surface area contributed by atoms with E-state index in [1.807, 2.05) is 0 Å². The Balaban J connectivity index is 1.58. The van der Waals surface area contributed by atoms with Crippen LogP contribution in [0, 0.1) is 0 Å². The largest absolute Gasteiger partial charge is 0.478 e. The van der Waals surface area contributed by atoms with E-state index in [1.54, 1.807) is 72.8 Å². The van der Waals surface area contributed by atoms with Crippen molar-refractivity contribution in [1.82, 2.24) is 39.5 Å². The first-order valence-corrected chi connectivity index (χ1v) is 15.4. The standard InChI is InChI=1S/C36H18N8O8/c45-33(46)21-13-20-22(24(35(49)50)23(21)34(47)48)30-40-26-15-8-2-4-10-17(15)28(38-26)43-32-19-12-6-5-11-18(19)31(44(32)36(51)52)42-27-16-9-3-1-7-14(16)25(37-27)39-29(20)41-30/h1-13H,(H,45,46)(H,47,48)(H,49,50)(H,51,52)(H,37,38,39,40,41,42,43). The summed E-state index contributed by atoms with van der Waals surface area (Å²) in [7, 11) is 0. The van der Waals surface area contributed by atoms with Crippen LogP contribution in [-0.4, -0.2) is 83.9 Å². The van der Waals surface area contributed by atoms with Crippen molar-refractivity contribution in [2.45, 2.75) is 0 Å². The molecule has 0 saturated carbocycles. The second-order valence-corrected chi connectivity index (χ2v) is 11.7. The van der Waals surface area contributed by atoms with Crippen molar-refractivity contribution < 1.29 is 39.6 Å². The number of H-pyrrole nitrogens is 1. The fourth-order valence-corrected chi connectivity index (χ4v) is 6.69. The molecule has 0 spiro atoms. The number of carboxylic acids is 3. The number of aromatic nitrogens is 8. The molecule has 52 heavy (non-hydrogen) atoms. The third-order valence-corrected chi connectivity index (χ3v) is 8.84. The molecule has 9 rings (SSSR count). The van der Waals surface area contributed by atoms with E-state index in [1.165, 1.54) is 0 Å². The van der Waals surface area contributed by atoms with Crippen LogP contribution in [0.1, 0.15) is 31.1 Å². The molecule has 4 aromatic carbocycles. The van der Waals surface area contributed by atoms with E-state index in [9.17, 15) is 39.6 Å². The zero-order valence-electron chi connectivity index (χ0n) is 26.1. The van der Waals surface area contributed by atoms with Gasteiger partial charge in [0, 0.05) is 43.8 Å². The first kappa shape index (κ1) is 30.2. The van der Waals surface area contributed by atoms with Gasteiger partial charge in [0.1, 0.15) is 11.3 Å². The molecule has 0 amide bonds. The molecular formula is C36H18N8O8. The third-order valence-electron chi connectivity index (χ3n) is 8.84. The van der Waals surface area contributed by atoms with E-state index in [4.69, 9.17) is 15.0 Å². The minimum absolute atomic E-state index is 0.0117. The van der Waals surface area contributed by atoms with Crippen molar-refractivity contribution in [1.29, 1.82) is 0 Å².